The molecule has 8 heteroatoms. The zero-order valence-corrected chi connectivity index (χ0v) is 14.6. The predicted octanol–water partition coefficient (Wildman–Crippen LogP) is 4.90. The number of aryl methyl sites for hydroxylation is 1. The van der Waals surface area contributed by atoms with Crippen molar-refractivity contribution in [2.45, 2.75) is 26.1 Å². The second-order valence-corrected chi connectivity index (χ2v) is 5.91. The smallest absolute Gasteiger partial charge is 0.394 e. The van der Waals surface area contributed by atoms with Gasteiger partial charge in [0.15, 0.2) is 0 Å². The van der Waals surface area contributed by atoms with Gasteiger partial charge in [-0.25, -0.2) is 5.43 Å². The molecule has 138 valence electrons. The van der Waals surface area contributed by atoms with Crippen LogP contribution in [0.25, 0.3) is 0 Å². The predicted molar refractivity (Wildman–Crippen MR) is 93.6 cm³/mol. The summed E-state index contributed by atoms with van der Waals surface area (Å²) in [6, 6.07) is 11.8. The van der Waals surface area contributed by atoms with Crippen molar-refractivity contribution in [3.63, 3.8) is 0 Å². The molecule has 0 saturated carbocycles. The molecule has 0 fully saturated rings. The summed E-state index contributed by atoms with van der Waals surface area (Å²) < 4.78 is 41.7. The number of hydrogen-bond acceptors (Lipinski definition) is 3. The number of carbonyl (C=O) groups excluding carboxylic acids is 1. The van der Waals surface area contributed by atoms with E-state index < -0.39 is 18.5 Å². The minimum absolute atomic E-state index is 0.223. The fraction of sp³-hybridized carbons (Fsp3) is 0.222. The number of benzene rings is 2. The standard InChI is InChI=1S/C18H16ClF3N2O2/c1-12-9-15(19)5-6-16(12)26-11-13-3-2-4-14(10-13)17(25)24-23-8-7-18(20,21)22/h2-6,8-10H,7,11H2,1H3,(H,24,25). The highest BCUT2D eigenvalue weighted by Gasteiger charge is 2.25. The van der Waals surface area contributed by atoms with Gasteiger partial charge >= 0.3 is 6.18 Å². The average molecular weight is 385 g/mol. The molecule has 1 amide bonds. The summed E-state index contributed by atoms with van der Waals surface area (Å²) in [7, 11) is 0. The Morgan fingerprint density at radius 2 is 2.04 bits per heavy atom. The fourth-order valence-corrected chi connectivity index (χ4v) is 2.28. The van der Waals surface area contributed by atoms with Gasteiger partial charge in [0.25, 0.3) is 5.91 Å². The van der Waals surface area contributed by atoms with Crippen LogP contribution in [0.4, 0.5) is 13.2 Å². The first-order valence-corrected chi connectivity index (χ1v) is 7.99. The number of nitrogens with zero attached hydrogens (tertiary/aromatic N) is 1. The Hall–Kier alpha value is -2.54. The number of hydrogen-bond donors (Lipinski definition) is 1. The van der Waals surface area contributed by atoms with Crippen molar-refractivity contribution in [2.24, 2.45) is 5.10 Å². The number of alkyl halides is 3. The molecule has 0 aliphatic heterocycles. The molecule has 0 aromatic heterocycles. The van der Waals surface area contributed by atoms with Gasteiger partial charge in [0, 0.05) is 16.8 Å². The Bertz CT molecular complexity index is 807. The van der Waals surface area contributed by atoms with Crippen LogP contribution < -0.4 is 10.2 Å². The molecular weight excluding hydrogens is 369 g/mol. The molecule has 0 aliphatic rings. The summed E-state index contributed by atoms with van der Waals surface area (Å²) in [5, 5.41) is 3.90. The molecule has 2 aromatic rings. The van der Waals surface area contributed by atoms with Gasteiger partial charge in [-0.15, -0.1) is 0 Å². The first kappa shape index (κ1) is 19.8. The van der Waals surface area contributed by atoms with Gasteiger partial charge in [-0.3, -0.25) is 4.79 Å². The van der Waals surface area contributed by atoms with Crippen molar-refractivity contribution in [3.8, 4) is 5.75 Å². The van der Waals surface area contributed by atoms with Gasteiger partial charge in [-0.2, -0.15) is 18.3 Å². The average Bonchev–Trinajstić information content (AvgIpc) is 2.57. The Labute approximate surface area is 153 Å². The summed E-state index contributed by atoms with van der Waals surface area (Å²) in [5.41, 5.74) is 3.94. The van der Waals surface area contributed by atoms with Gasteiger partial charge in [-0.1, -0.05) is 23.7 Å². The summed E-state index contributed by atoms with van der Waals surface area (Å²) in [4.78, 5) is 11.9. The quantitative estimate of drug-likeness (QED) is 0.569. The Kier molecular flexibility index (Phi) is 6.63. The van der Waals surface area contributed by atoms with Crippen LogP contribution in [-0.4, -0.2) is 18.3 Å². The van der Waals surface area contributed by atoms with E-state index >= 15 is 0 Å². The highest BCUT2D eigenvalue weighted by atomic mass is 35.5. The molecular formula is C18H16ClF3N2O2. The molecule has 2 rings (SSSR count). The zero-order valence-electron chi connectivity index (χ0n) is 13.8. The van der Waals surface area contributed by atoms with Crippen LogP contribution in [0, 0.1) is 6.92 Å². The normalized spacial score (nSPS) is 11.6. The third-order valence-corrected chi connectivity index (χ3v) is 3.54. The summed E-state index contributed by atoms with van der Waals surface area (Å²) >= 11 is 5.89. The summed E-state index contributed by atoms with van der Waals surface area (Å²) in [6.45, 7) is 2.09. The van der Waals surface area contributed by atoms with Crippen molar-refractivity contribution in [3.05, 3.63) is 64.2 Å². The van der Waals surface area contributed by atoms with Gasteiger partial charge < -0.3 is 4.74 Å². The van der Waals surface area contributed by atoms with Crippen LogP contribution in [0.3, 0.4) is 0 Å². The number of hydrazone groups is 1. The van der Waals surface area contributed by atoms with E-state index in [9.17, 15) is 18.0 Å². The summed E-state index contributed by atoms with van der Waals surface area (Å²) in [6.07, 6.45) is -4.96. The number of nitrogens with one attached hydrogen (secondary N) is 1. The van der Waals surface area contributed by atoms with E-state index in [2.05, 4.69) is 10.5 Å². The second-order valence-electron chi connectivity index (χ2n) is 5.47. The van der Waals surface area contributed by atoms with Gasteiger partial charge in [-0.05, 0) is 48.4 Å². The number of halogens is 4. The van der Waals surface area contributed by atoms with E-state index in [1.54, 1.807) is 36.4 Å². The Morgan fingerprint density at radius 1 is 1.27 bits per heavy atom. The van der Waals surface area contributed by atoms with Crippen LogP contribution >= 0.6 is 11.6 Å². The lowest BCUT2D eigenvalue weighted by molar-refractivity contribution is -0.120. The molecule has 0 heterocycles. The largest absolute Gasteiger partial charge is 0.489 e. The third kappa shape index (κ3) is 6.40. The highest BCUT2D eigenvalue weighted by Crippen LogP contribution is 2.23. The maximum absolute atomic E-state index is 12.0. The zero-order chi connectivity index (χ0) is 19.2. The molecule has 0 radical (unpaired) electrons. The van der Waals surface area contributed by atoms with Crippen LogP contribution in [0.2, 0.25) is 5.02 Å². The molecule has 26 heavy (non-hydrogen) atoms. The topological polar surface area (TPSA) is 50.7 Å². The van der Waals surface area contributed by atoms with E-state index in [1.165, 1.54) is 6.07 Å². The van der Waals surface area contributed by atoms with Crippen LogP contribution in [0.1, 0.15) is 27.9 Å². The minimum atomic E-state index is -4.36. The lowest BCUT2D eigenvalue weighted by Crippen LogP contribution is -2.18. The second kappa shape index (κ2) is 8.71. The lowest BCUT2D eigenvalue weighted by Gasteiger charge is -2.10. The van der Waals surface area contributed by atoms with Crippen LogP contribution in [-0.2, 0) is 6.61 Å². The monoisotopic (exact) mass is 384 g/mol. The number of carbonyl (C=O) groups is 1. The van der Waals surface area contributed by atoms with Crippen LogP contribution in [0.5, 0.6) is 5.75 Å². The molecule has 4 nitrogen and oxygen atoms in total. The van der Waals surface area contributed by atoms with Crippen molar-refractivity contribution in [2.75, 3.05) is 0 Å². The molecule has 0 saturated heterocycles. The van der Waals surface area contributed by atoms with Gasteiger partial charge in [0.05, 0.1) is 6.42 Å². The molecule has 0 spiro atoms. The number of ether oxygens (including phenoxy) is 1. The van der Waals surface area contributed by atoms with Crippen molar-refractivity contribution < 1.29 is 22.7 Å². The molecule has 0 atom stereocenters. The maximum Gasteiger partial charge on any atom is 0.394 e. The number of amides is 1. The van der Waals surface area contributed by atoms with Gasteiger partial charge in [0.1, 0.15) is 12.4 Å². The van der Waals surface area contributed by atoms with E-state index in [-0.39, 0.29) is 12.2 Å². The molecule has 0 bridgehead atoms. The van der Waals surface area contributed by atoms with E-state index in [1.807, 2.05) is 6.92 Å². The maximum atomic E-state index is 12.0. The third-order valence-electron chi connectivity index (χ3n) is 3.30. The van der Waals surface area contributed by atoms with Gasteiger partial charge in [0.2, 0.25) is 0 Å². The number of rotatable bonds is 6. The molecule has 1 N–H and O–H groups in total. The van der Waals surface area contributed by atoms with E-state index in [0.29, 0.717) is 17.0 Å². The highest BCUT2D eigenvalue weighted by molar-refractivity contribution is 6.30. The molecule has 2 aromatic carbocycles. The van der Waals surface area contributed by atoms with Crippen molar-refractivity contribution >= 4 is 23.7 Å². The van der Waals surface area contributed by atoms with Crippen molar-refractivity contribution in [1.29, 1.82) is 0 Å². The van der Waals surface area contributed by atoms with Crippen molar-refractivity contribution in [1.82, 2.24) is 5.43 Å². The Balaban J connectivity index is 1.95. The minimum Gasteiger partial charge on any atom is -0.489 e. The fourth-order valence-electron chi connectivity index (χ4n) is 2.06. The van der Waals surface area contributed by atoms with E-state index in [4.69, 9.17) is 16.3 Å². The SMILES string of the molecule is Cc1cc(Cl)ccc1OCc1cccc(C(=O)NN=CCC(F)(F)F)c1. The van der Waals surface area contributed by atoms with Crippen LogP contribution in [0.15, 0.2) is 47.6 Å². The molecule has 0 aliphatic carbocycles. The lowest BCUT2D eigenvalue weighted by atomic mass is 10.1. The molecule has 0 unspecified atom stereocenters. The summed E-state index contributed by atoms with van der Waals surface area (Å²) in [5.74, 6) is 0.0638. The van der Waals surface area contributed by atoms with E-state index in [0.717, 1.165) is 11.1 Å². The first-order chi connectivity index (χ1) is 12.2. The first-order valence-electron chi connectivity index (χ1n) is 7.61. The Morgan fingerprint density at radius 3 is 2.73 bits per heavy atom.